The van der Waals surface area contributed by atoms with Gasteiger partial charge in [-0.05, 0) is 65.1 Å². The first-order chi connectivity index (χ1) is 10.1. The lowest BCUT2D eigenvalue weighted by Gasteiger charge is -2.20. The maximum Gasteiger partial charge on any atom is 0.270 e. The van der Waals surface area contributed by atoms with E-state index in [4.69, 9.17) is 0 Å². The smallest absolute Gasteiger partial charge is 0.270 e. The Morgan fingerprint density at radius 2 is 1.95 bits per heavy atom. The molecule has 5 heteroatoms. The summed E-state index contributed by atoms with van der Waals surface area (Å²) < 4.78 is 0.713. The van der Waals surface area contributed by atoms with Crippen LogP contribution >= 0.6 is 15.9 Å². The molecule has 21 heavy (non-hydrogen) atoms. The molecular formula is C16H19BrN2O2. The normalized spacial score (nSPS) is 26.6. The molecule has 2 N–H and O–H groups in total. The van der Waals surface area contributed by atoms with Crippen molar-refractivity contribution < 1.29 is 9.59 Å². The summed E-state index contributed by atoms with van der Waals surface area (Å²) in [6, 6.07) is 7.14. The highest BCUT2D eigenvalue weighted by Crippen LogP contribution is 2.49. The van der Waals surface area contributed by atoms with E-state index in [1.54, 1.807) is 18.2 Å². The predicted octanol–water partition coefficient (Wildman–Crippen LogP) is 3.04. The molecule has 3 rings (SSSR count). The maximum absolute atomic E-state index is 12.0. The van der Waals surface area contributed by atoms with Crippen LogP contribution in [0.1, 0.15) is 42.5 Å². The molecule has 3 atom stereocenters. The van der Waals surface area contributed by atoms with Gasteiger partial charge in [0.25, 0.3) is 5.91 Å². The predicted molar refractivity (Wildman–Crippen MR) is 83.3 cm³/mol. The van der Waals surface area contributed by atoms with Gasteiger partial charge in [0.15, 0.2) is 0 Å². The lowest BCUT2D eigenvalue weighted by atomic mass is 9.86. The van der Waals surface area contributed by atoms with E-state index in [2.05, 4.69) is 26.8 Å². The Morgan fingerprint density at radius 3 is 2.62 bits per heavy atom. The topological polar surface area (TPSA) is 58.2 Å². The number of rotatable bonds is 3. The second kappa shape index (κ2) is 6.18. The standard InChI is InChI=1S/C16H19BrN2O2/c17-14-4-2-1-3-13(14)16(21)19-18-15(20)9-12-8-10-5-6-11(12)7-10/h1-4,10-12H,5-9H2,(H,18,20)(H,19,21)/t10-,11-,12-/m1/s1. The zero-order valence-electron chi connectivity index (χ0n) is 11.8. The molecule has 0 saturated heterocycles. The number of carbonyl (C=O) groups excluding carboxylic acids is 2. The zero-order valence-corrected chi connectivity index (χ0v) is 13.4. The largest absolute Gasteiger partial charge is 0.273 e. The van der Waals surface area contributed by atoms with Crippen LogP contribution in [0, 0.1) is 17.8 Å². The number of amides is 2. The summed E-state index contributed by atoms with van der Waals surface area (Å²) in [5.74, 6) is 1.67. The molecular weight excluding hydrogens is 332 g/mol. The zero-order chi connectivity index (χ0) is 14.8. The summed E-state index contributed by atoms with van der Waals surface area (Å²) in [5, 5.41) is 0. The van der Waals surface area contributed by atoms with Crippen LogP contribution in [-0.2, 0) is 4.79 Å². The van der Waals surface area contributed by atoms with Crippen LogP contribution in [0.15, 0.2) is 28.7 Å². The van der Waals surface area contributed by atoms with Crippen molar-refractivity contribution in [3.05, 3.63) is 34.3 Å². The van der Waals surface area contributed by atoms with Gasteiger partial charge in [0.2, 0.25) is 5.91 Å². The van der Waals surface area contributed by atoms with Gasteiger partial charge >= 0.3 is 0 Å². The number of nitrogens with one attached hydrogen (secondary N) is 2. The Balaban J connectivity index is 1.48. The Morgan fingerprint density at radius 1 is 1.14 bits per heavy atom. The van der Waals surface area contributed by atoms with Gasteiger partial charge in [-0.1, -0.05) is 18.6 Å². The lowest BCUT2D eigenvalue weighted by Crippen LogP contribution is -2.42. The van der Waals surface area contributed by atoms with E-state index in [0.29, 0.717) is 22.4 Å². The van der Waals surface area contributed by atoms with Crippen molar-refractivity contribution in [1.82, 2.24) is 10.9 Å². The average Bonchev–Trinajstić information content (AvgIpc) is 3.08. The number of hydrogen-bond donors (Lipinski definition) is 2. The fourth-order valence-corrected chi connectivity index (χ4v) is 4.22. The monoisotopic (exact) mass is 350 g/mol. The molecule has 2 bridgehead atoms. The summed E-state index contributed by atoms with van der Waals surface area (Å²) >= 11 is 3.32. The van der Waals surface area contributed by atoms with Gasteiger partial charge in [-0.15, -0.1) is 0 Å². The maximum atomic E-state index is 12.0. The first-order valence-corrected chi connectivity index (χ1v) is 8.26. The van der Waals surface area contributed by atoms with E-state index in [-0.39, 0.29) is 11.8 Å². The average molecular weight is 351 g/mol. The summed E-state index contributed by atoms with van der Waals surface area (Å²) in [6.45, 7) is 0. The van der Waals surface area contributed by atoms with Crippen LogP contribution < -0.4 is 10.9 Å². The number of benzene rings is 1. The molecule has 0 unspecified atom stereocenters. The molecule has 0 radical (unpaired) electrons. The van der Waals surface area contributed by atoms with Gasteiger partial charge in [0.1, 0.15) is 0 Å². The minimum atomic E-state index is -0.302. The third-order valence-electron chi connectivity index (χ3n) is 4.77. The molecule has 2 saturated carbocycles. The fourth-order valence-electron chi connectivity index (χ4n) is 3.75. The molecule has 0 aliphatic heterocycles. The highest BCUT2D eigenvalue weighted by atomic mass is 79.9. The van der Waals surface area contributed by atoms with Crippen LogP contribution in [0.5, 0.6) is 0 Å². The Kier molecular flexibility index (Phi) is 4.29. The van der Waals surface area contributed by atoms with E-state index >= 15 is 0 Å². The SMILES string of the molecule is O=C(C[C@H]1C[C@@H]2CC[C@@H]1C2)NNC(=O)c1ccccc1Br. The third kappa shape index (κ3) is 3.28. The second-order valence-corrected chi connectivity index (χ2v) is 6.98. The van der Waals surface area contributed by atoms with Crippen LogP contribution in [0.3, 0.4) is 0 Å². The lowest BCUT2D eigenvalue weighted by molar-refractivity contribution is -0.123. The number of fused-ring (bicyclic) bond motifs is 2. The number of hydrazine groups is 1. The Labute approximate surface area is 132 Å². The highest BCUT2D eigenvalue weighted by molar-refractivity contribution is 9.10. The minimum absolute atomic E-state index is 0.0899. The Bertz CT molecular complexity index is 561. The molecule has 2 aliphatic rings. The molecule has 2 amide bonds. The molecule has 0 heterocycles. The van der Waals surface area contributed by atoms with Crippen LogP contribution in [0.25, 0.3) is 0 Å². The van der Waals surface area contributed by atoms with Gasteiger partial charge in [-0.25, -0.2) is 0 Å². The van der Waals surface area contributed by atoms with Crippen molar-refractivity contribution >= 4 is 27.7 Å². The number of halogens is 1. The fraction of sp³-hybridized carbons (Fsp3) is 0.500. The van der Waals surface area contributed by atoms with Crippen molar-refractivity contribution in [1.29, 1.82) is 0 Å². The van der Waals surface area contributed by atoms with Gasteiger partial charge in [-0.2, -0.15) is 0 Å². The van der Waals surface area contributed by atoms with E-state index in [9.17, 15) is 9.59 Å². The molecule has 1 aromatic rings. The van der Waals surface area contributed by atoms with Crippen molar-refractivity contribution in [3.63, 3.8) is 0 Å². The molecule has 2 aliphatic carbocycles. The third-order valence-corrected chi connectivity index (χ3v) is 5.46. The molecule has 2 fully saturated rings. The molecule has 0 spiro atoms. The van der Waals surface area contributed by atoms with Gasteiger partial charge in [0.05, 0.1) is 5.56 Å². The summed E-state index contributed by atoms with van der Waals surface area (Å²) in [6.07, 6.45) is 5.60. The first-order valence-electron chi connectivity index (χ1n) is 7.47. The number of carbonyl (C=O) groups is 2. The summed E-state index contributed by atoms with van der Waals surface area (Å²) in [5.41, 5.74) is 5.54. The van der Waals surface area contributed by atoms with E-state index in [1.807, 2.05) is 6.07 Å². The van der Waals surface area contributed by atoms with E-state index < -0.39 is 0 Å². The van der Waals surface area contributed by atoms with E-state index in [0.717, 1.165) is 11.8 Å². The first kappa shape index (κ1) is 14.6. The van der Waals surface area contributed by atoms with Crippen LogP contribution in [-0.4, -0.2) is 11.8 Å². The van der Waals surface area contributed by atoms with Crippen molar-refractivity contribution in [2.24, 2.45) is 17.8 Å². The van der Waals surface area contributed by atoms with Crippen LogP contribution in [0.2, 0.25) is 0 Å². The van der Waals surface area contributed by atoms with E-state index in [1.165, 1.54) is 25.7 Å². The molecule has 112 valence electrons. The van der Waals surface area contributed by atoms with Crippen molar-refractivity contribution in [2.75, 3.05) is 0 Å². The highest BCUT2D eigenvalue weighted by Gasteiger charge is 2.40. The van der Waals surface area contributed by atoms with Gasteiger partial charge < -0.3 is 0 Å². The van der Waals surface area contributed by atoms with Gasteiger partial charge in [-0.3, -0.25) is 20.4 Å². The van der Waals surface area contributed by atoms with Crippen LogP contribution in [0.4, 0.5) is 0 Å². The number of hydrogen-bond acceptors (Lipinski definition) is 2. The molecule has 1 aromatic carbocycles. The minimum Gasteiger partial charge on any atom is -0.273 e. The van der Waals surface area contributed by atoms with Gasteiger partial charge in [0, 0.05) is 10.9 Å². The summed E-state index contributed by atoms with van der Waals surface area (Å²) in [4.78, 5) is 23.9. The summed E-state index contributed by atoms with van der Waals surface area (Å²) in [7, 11) is 0. The molecule has 4 nitrogen and oxygen atoms in total. The van der Waals surface area contributed by atoms with Crippen molar-refractivity contribution in [2.45, 2.75) is 32.1 Å². The molecule has 0 aromatic heterocycles. The quantitative estimate of drug-likeness (QED) is 0.823. The second-order valence-electron chi connectivity index (χ2n) is 6.12. The Hall–Kier alpha value is -1.36. The van der Waals surface area contributed by atoms with Crippen molar-refractivity contribution in [3.8, 4) is 0 Å².